The van der Waals surface area contributed by atoms with Crippen molar-refractivity contribution in [2.24, 2.45) is 0 Å². The Morgan fingerprint density at radius 3 is 2.33 bits per heavy atom. The third-order valence-electron chi connectivity index (χ3n) is 6.11. The van der Waals surface area contributed by atoms with Crippen LogP contribution in [-0.2, 0) is 29.2 Å². The molecule has 0 bridgehead atoms. The molecule has 4 rings (SSSR count). The molecule has 202 valence electrons. The molecular weight excluding hydrogens is 500 g/mol. The second-order valence-electron chi connectivity index (χ2n) is 8.69. The first-order valence-electron chi connectivity index (χ1n) is 12.5. The van der Waals surface area contributed by atoms with Crippen molar-refractivity contribution < 1.29 is 19.1 Å². The highest BCUT2D eigenvalue weighted by atomic mass is 16.5. The number of ether oxygens (including phenoxy) is 2. The fourth-order valence-corrected chi connectivity index (χ4v) is 4.21. The molecule has 0 radical (unpaired) electrons. The van der Waals surface area contributed by atoms with Crippen LogP contribution in [0.1, 0.15) is 18.9 Å². The van der Waals surface area contributed by atoms with Crippen molar-refractivity contribution in [3.63, 3.8) is 0 Å². The van der Waals surface area contributed by atoms with Crippen LogP contribution in [0.5, 0.6) is 11.5 Å². The molecular formula is C29H30N4O6. The summed E-state index contributed by atoms with van der Waals surface area (Å²) in [6.07, 6.45) is -0.0962. The van der Waals surface area contributed by atoms with Gasteiger partial charge in [0.25, 0.3) is 5.56 Å². The van der Waals surface area contributed by atoms with Crippen LogP contribution in [0.2, 0.25) is 0 Å². The lowest BCUT2D eigenvalue weighted by molar-refractivity contribution is -0.121. The number of hydrogen-bond donors (Lipinski definition) is 2. The number of anilines is 1. The van der Waals surface area contributed by atoms with Gasteiger partial charge in [-0.2, -0.15) is 0 Å². The normalized spacial score (nSPS) is 10.7. The number of fused-ring (bicyclic) bond motifs is 1. The smallest absolute Gasteiger partial charge is 0.331 e. The van der Waals surface area contributed by atoms with E-state index >= 15 is 0 Å². The molecule has 0 saturated carbocycles. The number of aromatic nitrogens is 2. The zero-order valence-corrected chi connectivity index (χ0v) is 21.8. The van der Waals surface area contributed by atoms with Crippen LogP contribution in [-0.4, -0.2) is 34.7 Å². The predicted octanol–water partition coefficient (Wildman–Crippen LogP) is 2.92. The average Bonchev–Trinajstić information content (AvgIpc) is 2.95. The summed E-state index contributed by atoms with van der Waals surface area (Å²) in [5.74, 6) is 0.554. The van der Waals surface area contributed by atoms with E-state index in [1.54, 1.807) is 61.7 Å². The largest absolute Gasteiger partial charge is 0.496 e. The summed E-state index contributed by atoms with van der Waals surface area (Å²) >= 11 is 0. The van der Waals surface area contributed by atoms with Gasteiger partial charge in [-0.05, 0) is 49.4 Å². The standard InChI is InChI=1S/C29H30N4O6/c1-3-39-22-14-12-21(13-15-22)31-27(35)19-33-24-10-6-5-9-23(24)28(36)32(29(33)37)17-16-26(34)30-18-20-8-4-7-11-25(20)38-2/h4-15H,3,16-19H2,1-2H3,(H,30,34)(H,31,35). The maximum absolute atomic E-state index is 13.4. The maximum Gasteiger partial charge on any atom is 0.331 e. The molecule has 0 atom stereocenters. The van der Waals surface area contributed by atoms with Gasteiger partial charge in [0.05, 0.1) is 24.6 Å². The van der Waals surface area contributed by atoms with E-state index in [0.717, 1.165) is 10.1 Å². The summed E-state index contributed by atoms with van der Waals surface area (Å²) in [6, 6.07) is 20.8. The Labute approximate surface area is 224 Å². The molecule has 4 aromatic rings. The number of carbonyl (C=O) groups excluding carboxylic acids is 2. The number of para-hydroxylation sites is 2. The predicted molar refractivity (Wildman–Crippen MR) is 148 cm³/mol. The number of nitrogens with zero attached hydrogens (tertiary/aromatic N) is 2. The summed E-state index contributed by atoms with van der Waals surface area (Å²) < 4.78 is 12.9. The number of amides is 2. The van der Waals surface area contributed by atoms with E-state index < -0.39 is 17.2 Å². The van der Waals surface area contributed by atoms with Crippen LogP contribution in [0.15, 0.2) is 82.4 Å². The molecule has 1 aromatic heterocycles. The summed E-state index contributed by atoms with van der Waals surface area (Å²) in [6.45, 7) is 2.20. The van der Waals surface area contributed by atoms with Crippen molar-refractivity contribution in [2.75, 3.05) is 19.0 Å². The highest BCUT2D eigenvalue weighted by molar-refractivity contribution is 5.91. The van der Waals surface area contributed by atoms with E-state index in [1.807, 2.05) is 25.1 Å². The molecule has 0 spiro atoms. The minimum absolute atomic E-state index is 0.0962. The molecule has 10 nitrogen and oxygen atoms in total. The Bertz CT molecular complexity index is 1590. The number of benzene rings is 3. The third-order valence-corrected chi connectivity index (χ3v) is 6.11. The zero-order chi connectivity index (χ0) is 27.8. The fourth-order valence-electron chi connectivity index (χ4n) is 4.21. The van der Waals surface area contributed by atoms with E-state index in [4.69, 9.17) is 9.47 Å². The molecule has 39 heavy (non-hydrogen) atoms. The zero-order valence-electron chi connectivity index (χ0n) is 21.8. The molecule has 0 unspecified atom stereocenters. The van der Waals surface area contributed by atoms with Crippen LogP contribution in [0.3, 0.4) is 0 Å². The van der Waals surface area contributed by atoms with Gasteiger partial charge in [-0.1, -0.05) is 30.3 Å². The van der Waals surface area contributed by atoms with Crippen molar-refractivity contribution >= 4 is 28.4 Å². The van der Waals surface area contributed by atoms with Gasteiger partial charge in [0.2, 0.25) is 11.8 Å². The topological polar surface area (TPSA) is 121 Å². The second-order valence-corrected chi connectivity index (χ2v) is 8.69. The lowest BCUT2D eigenvalue weighted by Crippen LogP contribution is -2.42. The number of nitrogens with one attached hydrogen (secondary N) is 2. The van der Waals surface area contributed by atoms with Gasteiger partial charge in [-0.3, -0.25) is 23.5 Å². The molecule has 0 aliphatic heterocycles. The third kappa shape index (κ3) is 6.53. The van der Waals surface area contributed by atoms with Gasteiger partial charge in [0, 0.05) is 30.8 Å². The van der Waals surface area contributed by atoms with Gasteiger partial charge < -0.3 is 20.1 Å². The Morgan fingerprint density at radius 1 is 0.872 bits per heavy atom. The highest BCUT2D eigenvalue weighted by Gasteiger charge is 2.16. The summed E-state index contributed by atoms with van der Waals surface area (Å²) in [7, 11) is 1.55. The monoisotopic (exact) mass is 530 g/mol. The molecule has 0 fully saturated rings. The Morgan fingerprint density at radius 2 is 1.59 bits per heavy atom. The first kappa shape index (κ1) is 27.2. The average molecular weight is 531 g/mol. The Hall–Kier alpha value is -4.86. The molecule has 2 amide bonds. The number of rotatable bonds is 11. The van der Waals surface area contributed by atoms with E-state index in [9.17, 15) is 19.2 Å². The van der Waals surface area contributed by atoms with E-state index in [1.165, 1.54) is 4.57 Å². The summed E-state index contributed by atoms with van der Waals surface area (Å²) in [4.78, 5) is 51.9. The van der Waals surface area contributed by atoms with Crippen LogP contribution in [0, 0.1) is 0 Å². The Kier molecular flexibility index (Phi) is 8.78. The van der Waals surface area contributed by atoms with Crippen LogP contribution in [0.4, 0.5) is 5.69 Å². The summed E-state index contributed by atoms with van der Waals surface area (Å²) in [5, 5.41) is 5.83. The van der Waals surface area contributed by atoms with E-state index in [2.05, 4.69) is 10.6 Å². The van der Waals surface area contributed by atoms with Gasteiger partial charge in [-0.25, -0.2) is 4.79 Å². The van der Waals surface area contributed by atoms with Gasteiger partial charge in [-0.15, -0.1) is 0 Å². The lowest BCUT2D eigenvalue weighted by atomic mass is 10.2. The molecule has 10 heteroatoms. The first-order valence-corrected chi connectivity index (χ1v) is 12.5. The minimum Gasteiger partial charge on any atom is -0.496 e. The van der Waals surface area contributed by atoms with Crippen molar-refractivity contribution in [2.45, 2.75) is 33.0 Å². The van der Waals surface area contributed by atoms with Gasteiger partial charge in [0.15, 0.2) is 0 Å². The van der Waals surface area contributed by atoms with Gasteiger partial charge >= 0.3 is 5.69 Å². The van der Waals surface area contributed by atoms with Gasteiger partial charge in [0.1, 0.15) is 18.0 Å². The number of hydrogen-bond acceptors (Lipinski definition) is 6. The quantitative estimate of drug-likeness (QED) is 0.308. The van der Waals surface area contributed by atoms with E-state index in [-0.39, 0.29) is 37.3 Å². The highest BCUT2D eigenvalue weighted by Crippen LogP contribution is 2.17. The van der Waals surface area contributed by atoms with Crippen molar-refractivity contribution in [1.82, 2.24) is 14.5 Å². The molecule has 0 aliphatic rings. The number of methoxy groups -OCH3 is 1. The fraction of sp³-hybridized carbons (Fsp3) is 0.241. The molecule has 2 N–H and O–H groups in total. The lowest BCUT2D eigenvalue weighted by Gasteiger charge is -2.14. The summed E-state index contributed by atoms with van der Waals surface area (Å²) in [5.41, 5.74) is 0.499. The Balaban J connectivity index is 1.51. The van der Waals surface area contributed by atoms with Crippen LogP contribution in [0.25, 0.3) is 10.9 Å². The molecule has 3 aromatic carbocycles. The maximum atomic E-state index is 13.4. The molecule has 1 heterocycles. The SMILES string of the molecule is CCOc1ccc(NC(=O)Cn2c(=O)n(CCC(=O)NCc3ccccc3OC)c(=O)c3ccccc32)cc1. The minimum atomic E-state index is -0.668. The van der Waals surface area contributed by atoms with Crippen LogP contribution >= 0.6 is 0 Å². The van der Waals surface area contributed by atoms with Crippen LogP contribution < -0.4 is 31.4 Å². The van der Waals surface area contributed by atoms with Crippen molar-refractivity contribution in [1.29, 1.82) is 0 Å². The first-order chi connectivity index (χ1) is 18.9. The molecule has 0 saturated heterocycles. The second kappa shape index (κ2) is 12.6. The van der Waals surface area contributed by atoms with Crippen molar-refractivity contribution in [3.05, 3.63) is 99.2 Å². The van der Waals surface area contributed by atoms with E-state index in [0.29, 0.717) is 29.3 Å². The van der Waals surface area contributed by atoms with Crippen molar-refractivity contribution in [3.8, 4) is 11.5 Å². The number of carbonyl (C=O) groups is 2. The molecule has 0 aliphatic carbocycles.